The van der Waals surface area contributed by atoms with Gasteiger partial charge in [0.15, 0.2) is 0 Å². The van der Waals surface area contributed by atoms with E-state index in [2.05, 4.69) is 16.2 Å². The quantitative estimate of drug-likeness (QED) is 0.509. The van der Waals surface area contributed by atoms with Crippen molar-refractivity contribution in [3.8, 4) is 5.75 Å². The van der Waals surface area contributed by atoms with Gasteiger partial charge in [-0.3, -0.25) is 25.2 Å². The molecule has 7 nitrogen and oxygen atoms in total. The van der Waals surface area contributed by atoms with Crippen LogP contribution in [-0.2, 0) is 11.4 Å². The monoisotopic (exact) mass is 437 g/mol. The van der Waals surface area contributed by atoms with Gasteiger partial charge in [-0.2, -0.15) is 0 Å². The summed E-state index contributed by atoms with van der Waals surface area (Å²) in [5.41, 5.74) is 6.77. The third-order valence-corrected chi connectivity index (χ3v) is 4.42. The van der Waals surface area contributed by atoms with Gasteiger partial charge in [0, 0.05) is 28.8 Å². The van der Waals surface area contributed by atoms with E-state index in [9.17, 15) is 14.4 Å². The maximum atomic E-state index is 12.3. The Hall–Kier alpha value is -3.84. The first-order valence-electron chi connectivity index (χ1n) is 9.36. The summed E-state index contributed by atoms with van der Waals surface area (Å²) >= 11 is 5.85. The van der Waals surface area contributed by atoms with Gasteiger partial charge in [-0.25, -0.2) is 0 Å². The molecule has 0 aromatic heterocycles. The van der Waals surface area contributed by atoms with Gasteiger partial charge >= 0.3 is 0 Å². The molecule has 0 spiro atoms. The van der Waals surface area contributed by atoms with Crippen molar-refractivity contribution in [3.63, 3.8) is 0 Å². The molecule has 0 fully saturated rings. The molecule has 0 saturated heterocycles. The molecule has 3 rings (SSSR count). The zero-order chi connectivity index (χ0) is 22.2. The fourth-order valence-corrected chi connectivity index (χ4v) is 2.78. The molecular formula is C23H20ClN3O4. The van der Waals surface area contributed by atoms with E-state index in [0.29, 0.717) is 34.2 Å². The van der Waals surface area contributed by atoms with Crippen molar-refractivity contribution in [3.05, 3.63) is 94.5 Å². The fourth-order valence-electron chi connectivity index (χ4n) is 2.65. The van der Waals surface area contributed by atoms with Gasteiger partial charge in [-0.15, -0.1) is 0 Å². The second-order valence-electron chi connectivity index (χ2n) is 6.61. The van der Waals surface area contributed by atoms with Gasteiger partial charge in [-0.05, 0) is 60.2 Å². The zero-order valence-electron chi connectivity index (χ0n) is 16.6. The fraction of sp³-hybridized carbons (Fsp3) is 0.0870. The van der Waals surface area contributed by atoms with E-state index in [1.807, 2.05) is 0 Å². The molecule has 0 aliphatic heterocycles. The lowest BCUT2D eigenvalue weighted by Crippen LogP contribution is -2.41. The minimum Gasteiger partial charge on any atom is -0.489 e. The lowest BCUT2D eigenvalue weighted by molar-refractivity contribution is -0.114. The minimum absolute atomic E-state index is 0.243. The Morgan fingerprint density at radius 2 is 1.48 bits per heavy atom. The summed E-state index contributed by atoms with van der Waals surface area (Å²) < 4.78 is 5.67. The molecule has 0 radical (unpaired) electrons. The molecular weight excluding hydrogens is 418 g/mol. The molecule has 3 aromatic rings. The summed E-state index contributed by atoms with van der Waals surface area (Å²) in [5, 5.41) is 3.23. The number of carbonyl (C=O) groups is 3. The van der Waals surface area contributed by atoms with Crippen molar-refractivity contribution in [1.82, 2.24) is 10.9 Å². The van der Waals surface area contributed by atoms with E-state index < -0.39 is 11.8 Å². The number of hydrogen-bond acceptors (Lipinski definition) is 4. The topological polar surface area (TPSA) is 96.5 Å². The molecule has 0 atom stereocenters. The molecule has 3 N–H and O–H groups in total. The number of benzene rings is 3. The van der Waals surface area contributed by atoms with Gasteiger partial charge in [0.25, 0.3) is 11.8 Å². The van der Waals surface area contributed by atoms with Crippen LogP contribution in [0.2, 0.25) is 5.02 Å². The average Bonchev–Trinajstić information content (AvgIpc) is 2.77. The second-order valence-corrected chi connectivity index (χ2v) is 7.05. The highest BCUT2D eigenvalue weighted by atomic mass is 35.5. The van der Waals surface area contributed by atoms with Crippen LogP contribution in [0.5, 0.6) is 5.75 Å². The van der Waals surface area contributed by atoms with Gasteiger partial charge in [0.2, 0.25) is 5.91 Å². The summed E-state index contributed by atoms with van der Waals surface area (Å²) in [4.78, 5) is 35.7. The summed E-state index contributed by atoms with van der Waals surface area (Å²) in [7, 11) is 0. The highest BCUT2D eigenvalue weighted by Gasteiger charge is 2.10. The molecule has 0 bridgehead atoms. The van der Waals surface area contributed by atoms with Crippen LogP contribution in [0.15, 0.2) is 72.8 Å². The van der Waals surface area contributed by atoms with E-state index in [-0.39, 0.29) is 5.91 Å². The first-order valence-corrected chi connectivity index (χ1v) is 9.74. The Labute approximate surface area is 184 Å². The van der Waals surface area contributed by atoms with Crippen molar-refractivity contribution in [2.75, 3.05) is 5.32 Å². The Kier molecular flexibility index (Phi) is 7.24. The van der Waals surface area contributed by atoms with Crippen molar-refractivity contribution in [2.24, 2.45) is 0 Å². The minimum atomic E-state index is -0.506. The van der Waals surface area contributed by atoms with Crippen LogP contribution in [0, 0.1) is 0 Å². The van der Waals surface area contributed by atoms with Gasteiger partial charge < -0.3 is 10.1 Å². The van der Waals surface area contributed by atoms with Crippen LogP contribution in [0.4, 0.5) is 5.69 Å². The number of anilines is 1. The first-order chi connectivity index (χ1) is 14.9. The highest BCUT2D eigenvalue weighted by Crippen LogP contribution is 2.17. The first kappa shape index (κ1) is 21.9. The lowest BCUT2D eigenvalue weighted by atomic mass is 10.1. The van der Waals surface area contributed by atoms with E-state index in [1.54, 1.807) is 66.7 Å². The molecule has 8 heteroatoms. The van der Waals surface area contributed by atoms with E-state index in [1.165, 1.54) is 13.0 Å². The maximum Gasteiger partial charge on any atom is 0.269 e. The number of rotatable bonds is 6. The van der Waals surface area contributed by atoms with Gasteiger partial charge in [-0.1, -0.05) is 29.8 Å². The summed E-state index contributed by atoms with van der Waals surface area (Å²) in [5.74, 6) is -0.519. The molecule has 158 valence electrons. The third kappa shape index (κ3) is 6.58. The Morgan fingerprint density at radius 3 is 2.13 bits per heavy atom. The molecule has 0 aliphatic carbocycles. The Bertz CT molecular complexity index is 1080. The summed E-state index contributed by atoms with van der Waals surface area (Å²) in [6.07, 6.45) is 0. The molecule has 31 heavy (non-hydrogen) atoms. The largest absolute Gasteiger partial charge is 0.489 e. The maximum absolute atomic E-state index is 12.3. The van der Waals surface area contributed by atoms with Crippen molar-refractivity contribution in [2.45, 2.75) is 13.5 Å². The predicted molar refractivity (Wildman–Crippen MR) is 118 cm³/mol. The highest BCUT2D eigenvalue weighted by molar-refractivity contribution is 6.30. The lowest BCUT2D eigenvalue weighted by Gasteiger charge is -2.10. The Balaban J connectivity index is 1.51. The Morgan fingerprint density at radius 1 is 0.839 bits per heavy atom. The zero-order valence-corrected chi connectivity index (χ0v) is 17.4. The predicted octanol–water partition coefficient (Wildman–Crippen LogP) is 3.95. The standard InChI is InChI=1S/C23H20ClN3O4/c1-15(28)25-20-4-2-3-18(13-20)23(30)27-26-22(29)17-7-5-16(6-8-17)14-31-21-11-9-19(24)10-12-21/h2-13H,14H2,1H3,(H,25,28)(H,26,29)(H,27,30). The third-order valence-electron chi connectivity index (χ3n) is 4.17. The van der Waals surface area contributed by atoms with Gasteiger partial charge in [0.05, 0.1) is 0 Å². The van der Waals surface area contributed by atoms with E-state index >= 15 is 0 Å². The van der Waals surface area contributed by atoms with Crippen LogP contribution < -0.4 is 20.9 Å². The number of amides is 3. The second kappa shape index (κ2) is 10.3. The van der Waals surface area contributed by atoms with Crippen LogP contribution in [0.25, 0.3) is 0 Å². The smallest absolute Gasteiger partial charge is 0.269 e. The van der Waals surface area contributed by atoms with Crippen molar-refractivity contribution in [1.29, 1.82) is 0 Å². The molecule has 0 unspecified atom stereocenters. The van der Waals surface area contributed by atoms with E-state index in [4.69, 9.17) is 16.3 Å². The number of ether oxygens (including phenoxy) is 1. The van der Waals surface area contributed by atoms with Crippen molar-refractivity contribution < 1.29 is 19.1 Å². The normalized spacial score (nSPS) is 10.1. The van der Waals surface area contributed by atoms with E-state index in [0.717, 1.165) is 5.56 Å². The van der Waals surface area contributed by atoms with Crippen LogP contribution in [-0.4, -0.2) is 17.7 Å². The molecule has 0 saturated carbocycles. The van der Waals surface area contributed by atoms with Crippen LogP contribution in [0.3, 0.4) is 0 Å². The summed E-state index contributed by atoms with van der Waals surface area (Å²) in [6, 6.07) is 20.2. The number of halogens is 1. The SMILES string of the molecule is CC(=O)Nc1cccc(C(=O)NNC(=O)c2ccc(COc3ccc(Cl)cc3)cc2)c1. The van der Waals surface area contributed by atoms with Gasteiger partial charge in [0.1, 0.15) is 12.4 Å². The molecule has 3 amide bonds. The number of nitrogens with one attached hydrogen (secondary N) is 3. The van der Waals surface area contributed by atoms with Crippen LogP contribution in [0.1, 0.15) is 33.2 Å². The van der Waals surface area contributed by atoms with Crippen molar-refractivity contribution >= 4 is 35.0 Å². The number of hydrazine groups is 1. The molecule has 0 heterocycles. The number of hydrogen-bond donors (Lipinski definition) is 3. The number of carbonyl (C=O) groups excluding carboxylic acids is 3. The summed E-state index contributed by atoms with van der Waals surface area (Å²) in [6.45, 7) is 1.72. The average molecular weight is 438 g/mol. The molecule has 0 aliphatic rings. The van der Waals surface area contributed by atoms with Crippen LogP contribution >= 0.6 is 11.6 Å². The molecule has 3 aromatic carbocycles.